The van der Waals surface area contributed by atoms with Crippen molar-refractivity contribution in [2.45, 2.75) is 19.4 Å². The molecule has 0 spiro atoms. The van der Waals surface area contributed by atoms with Gasteiger partial charge in [-0.3, -0.25) is 18.9 Å². The second-order valence-corrected chi connectivity index (χ2v) is 6.93. The van der Waals surface area contributed by atoms with E-state index in [-0.39, 0.29) is 23.1 Å². The lowest BCUT2D eigenvalue weighted by Crippen LogP contribution is -2.40. The lowest BCUT2D eigenvalue weighted by Gasteiger charge is -2.32. The van der Waals surface area contributed by atoms with E-state index in [1.54, 1.807) is 27.3 Å². The van der Waals surface area contributed by atoms with Gasteiger partial charge >= 0.3 is 5.69 Å². The number of fused-ring (bicyclic) bond motifs is 1. The Morgan fingerprint density at radius 1 is 1.30 bits per heavy atom. The Balaban J connectivity index is 1.45. The highest BCUT2D eigenvalue weighted by Crippen LogP contribution is 2.22. The maximum Gasteiger partial charge on any atom is 0.330 e. The smallest absolute Gasteiger partial charge is 0.330 e. The quantitative estimate of drug-likeness (QED) is 0.706. The van der Waals surface area contributed by atoms with Gasteiger partial charge in [-0.05, 0) is 37.0 Å². The molecule has 1 fully saturated rings. The van der Waals surface area contributed by atoms with Gasteiger partial charge in [-0.15, -0.1) is 0 Å². The van der Waals surface area contributed by atoms with E-state index < -0.39 is 5.82 Å². The van der Waals surface area contributed by atoms with Gasteiger partial charge in [-0.2, -0.15) is 0 Å². The maximum absolute atomic E-state index is 13.3. The summed E-state index contributed by atoms with van der Waals surface area (Å²) in [6.07, 6.45) is 5.72. The molecule has 0 aliphatic carbocycles. The van der Waals surface area contributed by atoms with Crippen molar-refractivity contribution in [1.29, 1.82) is 0 Å². The predicted octanol–water partition coefficient (Wildman–Crippen LogP) is 1.82. The van der Waals surface area contributed by atoms with Crippen LogP contribution in [0.25, 0.3) is 11.2 Å². The summed E-state index contributed by atoms with van der Waals surface area (Å²) in [5.74, 6) is -0.437. The number of amides is 1. The summed E-state index contributed by atoms with van der Waals surface area (Å²) >= 11 is 0. The van der Waals surface area contributed by atoms with Gasteiger partial charge in [-0.1, -0.05) is 0 Å². The maximum atomic E-state index is 13.3. The van der Waals surface area contributed by atoms with Gasteiger partial charge in [0.2, 0.25) is 0 Å². The minimum absolute atomic E-state index is 0.0759. The summed E-state index contributed by atoms with van der Waals surface area (Å²) in [4.78, 5) is 34.8. The molecule has 0 unspecified atom stereocenters. The number of piperidine rings is 1. The van der Waals surface area contributed by atoms with Crippen molar-refractivity contribution in [2.75, 3.05) is 13.1 Å². The van der Waals surface area contributed by atoms with E-state index >= 15 is 0 Å². The molecule has 1 aliphatic heterocycles. The Bertz CT molecular complexity index is 1050. The number of hydrogen-bond acceptors (Lipinski definition) is 4. The Morgan fingerprint density at radius 3 is 2.81 bits per heavy atom. The lowest BCUT2D eigenvalue weighted by molar-refractivity contribution is 0.0682. The molecule has 27 heavy (non-hydrogen) atoms. The van der Waals surface area contributed by atoms with Gasteiger partial charge in [0.05, 0.1) is 17.3 Å². The normalized spacial score (nSPS) is 15.4. The van der Waals surface area contributed by atoms with Crippen molar-refractivity contribution >= 4 is 17.1 Å². The van der Waals surface area contributed by atoms with Crippen molar-refractivity contribution < 1.29 is 9.18 Å². The number of hydrogen-bond donors (Lipinski definition) is 0. The van der Waals surface area contributed by atoms with Crippen LogP contribution in [0.5, 0.6) is 0 Å². The van der Waals surface area contributed by atoms with Crippen LogP contribution in [0.15, 0.2) is 41.6 Å². The highest BCUT2D eigenvalue weighted by Gasteiger charge is 2.25. The molecule has 3 aromatic heterocycles. The first-order valence-corrected chi connectivity index (χ1v) is 8.94. The number of nitrogens with zero attached hydrogens (tertiary/aromatic N) is 5. The molecule has 1 aliphatic rings. The van der Waals surface area contributed by atoms with E-state index in [9.17, 15) is 14.0 Å². The molecule has 0 N–H and O–H groups in total. The van der Waals surface area contributed by atoms with Crippen LogP contribution >= 0.6 is 0 Å². The SMILES string of the molecule is Cn1c(=O)n(CC2CCN(C(=O)c3cncc(F)c3)CC2)c2ncccc21. The third-order valence-electron chi connectivity index (χ3n) is 5.20. The van der Waals surface area contributed by atoms with Crippen LogP contribution in [0.1, 0.15) is 23.2 Å². The molecule has 3 aromatic rings. The van der Waals surface area contributed by atoms with E-state index in [0.717, 1.165) is 24.6 Å². The number of carbonyl (C=O) groups excluding carboxylic acids is 1. The van der Waals surface area contributed by atoms with Gasteiger partial charge in [0.15, 0.2) is 5.65 Å². The standard InChI is InChI=1S/C19H20FN5O2/c1-23-16-3-2-6-22-17(16)25(19(23)27)12-13-4-7-24(8-5-13)18(26)14-9-15(20)11-21-10-14/h2-3,6,9-11,13H,4-5,7-8,12H2,1H3. The molecule has 0 bridgehead atoms. The second-order valence-electron chi connectivity index (χ2n) is 6.93. The van der Waals surface area contributed by atoms with Crippen LogP contribution < -0.4 is 5.69 Å². The van der Waals surface area contributed by atoms with Crippen LogP contribution in [0.2, 0.25) is 0 Å². The average Bonchev–Trinajstić information content (AvgIpc) is 2.93. The summed E-state index contributed by atoms with van der Waals surface area (Å²) in [5, 5.41) is 0. The molecule has 0 atom stereocenters. The van der Waals surface area contributed by atoms with Crippen molar-refractivity contribution in [3.05, 3.63) is 58.7 Å². The van der Waals surface area contributed by atoms with Crippen molar-refractivity contribution in [1.82, 2.24) is 24.0 Å². The topological polar surface area (TPSA) is 73.0 Å². The van der Waals surface area contributed by atoms with Gasteiger partial charge < -0.3 is 4.90 Å². The predicted molar refractivity (Wildman–Crippen MR) is 97.8 cm³/mol. The van der Waals surface area contributed by atoms with E-state index in [1.807, 2.05) is 12.1 Å². The molecule has 1 amide bonds. The summed E-state index contributed by atoms with van der Waals surface area (Å²) in [6.45, 7) is 1.73. The number of aryl methyl sites for hydroxylation is 1. The van der Waals surface area contributed by atoms with Crippen LogP contribution in [-0.2, 0) is 13.6 Å². The Kier molecular flexibility index (Phi) is 4.47. The first kappa shape index (κ1) is 17.4. The average molecular weight is 369 g/mol. The minimum Gasteiger partial charge on any atom is -0.339 e. The molecule has 0 radical (unpaired) electrons. The van der Waals surface area contributed by atoms with Gasteiger partial charge in [0.1, 0.15) is 5.82 Å². The zero-order valence-electron chi connectivity index (χ0n) is 15.0. The molecule has 7 nitrogen and oxygen atoms in total. The van der Waals surface area contributed by atoms with Crippen molar-refractivity contribution in [2.24, 2.45) is 13.0 Å². The Morgan fingerprint density at radius 2 is 2.07 bits per heavy atom. The fourth-order valence-corrected chi connectivity index (χ4v) is 3.69. The Hall–Kier alpha value is -3.03. The third kappa shape index (κ3) is 3.22. The van der Waals surface area contributed by atoms with Gasteiger partial charge in [-0.25, -0.2) is 14.2 Å². The first-order chi connectivity index (χ1) is 13.0. The highest BCUT2D eigenvalue weighted by molar-refractivity contribution is 5.93. The zero-order chi connectivity index (χ0) is 19.0. The van der Waals surface area contributed by atoms with E-state index in [2.05, 4.69) is 9.97 Å². The van der Waals surface area contributed by atoms with Crippen LogP contribution in [0.4, 0.5) is 4.39 Å². The molecular formula is C19H20FN5O2. The molecule has 8 heteroatoms. The van der Waals surface area contributed by atoms with E-state index in [1.165, 1.54) is 12.3 Å². The number of pyridine rings is 2. The minimum atomic E-state index is -0.515. The Labute approximate surface area is 155 Å². The van der Waals surface area contributed by atoms with Crippen molar-refractivity contribution in [3.63, 3.8) is 0 Å². The number of likely N-dealkylation sites (tertiary alicyclic amines) is 1. The number of rotatable bonds is 3. The molecule has 1 saturated heterocycles. The monoisotopic (exact) mass is 369 g/mol. The first-order valence-electron chi connectivity index (χ1n) is 8.94. The summed E-state index contributed by atoms with van der Waals surface area (Å²) in [5.41, 5.74) is 1.69. The summed E-state index contributed by atoms with van der Waals surface area (Å²) in [7, 11) is 1.75. The molecule has 0 aromatic carbocycles. The summed E-state index contributed by atoms with van der Waals surface area (Å²) < 4.78 is 16.6. The van der Waals surface area contributed by atoms with Crippen LogP contribution in [0.3, 0.4) is 0 Å². The highest BCUT2D eigenvalue weighted by atomic mass is 19.1. The van der Waals surface area contributed by atoms with Crippen LogP contribution in [0, 0.1) is 11.7 Å². The number of aromatic nitrogens is 4. The molecule has 140 valence electrons. The number of halogens is 1. The van der Waals surface area contributed by atoms with Crippen LogP contribution in [-0.4, -0.2) is 43.0 Å². The van der Waals surface area contributed by atoms with E-state index in [0.29, 0.717) is 25.3 Å². The largest absolute Gasteiger partial charge is 0.339 e. The second kappa shape index (κ2) is 6.94. The zero-order valence-corrected chi connectivity index (χ0v) is 15.0. The summed E-state index contributed by atoms with van der Waals surface area (Å²) in [6, 6.07) is 4.91. The van der Waals surface area contributed by atoms with Gasteiger partial charge in [0, 0.05) is 39.1 Å². The molecule has 4 rings (SSSR count). The molecule has 4 heterocycles. The number of carbonyl (C=O) groups is 1. The third-order valence-corrected chi connectivity index (χ3v) is 5.20. The van der Waals surface area contributed by atoms with Gasteiger partial charge in [0.25, 0.3) is 5.91 Å². The fourth-order valence-electron chi connectivity index (χ4n) is 3.69. The van der Waals surface area contributed by atoms with Crippen molar-refractivity contribution in [3.8, 4) is 0 Å². The lowest BCUT2D eigenvalue weighted by atomic mass is 9.96. The number of imidazole rings is 1. The van der Waals surface area contributed by atoms with E-state index in [4.69, 9.17) is 0 Å². The molecule has 0 saturated carbocycles. The molecular weight excluding hydrogens is 349 g/mol. The fraction of sp³-hybridized carbons (Fsp3) is 0.368.